The highest BCUT2D eigenvalue weighted by molar-refractivity contribution is 5.80. The van der Waals surface area contributed by atoms with E-state index in [1.54, 1.807) is 0 Å². The predicted molar refractivity (Wildman–Crippen MR) is 53.5 cm³/mol. The van der Waals surface area contributed by atoms with Crippen LogP contribution in [0.2, 0.25) is 0 Å². The van der Waals surface area contributed by atoms with E-state index in [-0.39, 0.29) is 12.0 Å². The van der Waals surface area contributed by atoms with Crippen LogP contribution < -0.4 is 5.32 Å². The summed E-state index contributed by atoms with van der Waals surface area (Å²) in [5.74, 6) is -0.0487. The minimum absolute atomic E-state index is 0.0487. The molecule has 0 spiro atoms. The molecule has 0 bridgehead atoms. The maximum atomic E-state index is 11.4. The summed E-state index contributed by atoms with van der Waals surface area (Å²) in [5.41, 5.74) is 0.963. The second-order valence-electron chi connectivity index (χ2n) is 3.00. The molecule has 1 amide bonds. The molecule has 0 heterocycles. The summed E-state index contributed by atoms with van der Waals surface area (Å²) in [4.78, 5) is 11.4. The number of rotatable bonds is 6. The molecule has 0 aromatic carbocycles. The Labute approximate surface area is 80.2 Å². The number of hydrogen-bond acceptors (Lipinski definition) is 2. The molecular weight excluding hydrogens is 166 g/mol. The molecule has 0 radical (unpaired) electrons. The Morgan fingerprint density at radius 3 is 2.54 bits per heavy atom. The number of carbonyl (C=O) groups excluding carboxylic acids is 1. The van der Waals surface area contributed by atoms with Crippen molar-refractivity contribution < 1.29 is 9.53 Å². The fraction of sp³-hybridized carbons (Fsp3) is 0.700. The van der Waals surface area contributed by atoms with Crippen LogP contribution in [0.3, 0.4) is 0 Å². The van der Waals surface area contributed by atoms with Crippen molar-refractivity contribution in [1.82, 2.24) is 5.32 Å². The lowest BCUT2D eigenvalue weighted by Crippen LogP contribution is -2.36. The second-order valence-corrected chi connectivity index (χ2v) is 3.00. The highest BCUT2D eigenvalue weighted by Gasteiger charge is 2.17. The number of nitrogens with one attached hydrogen (secondary N) is 1. The SMILES string of the molecule is C=C(C)CC(OCC)C(=O)NCC. The van der Waals surface area contributed by atoms with Gasteiger partial charge in [0.2, 0.25) is 5.91 Å². The van der Waals surface area contributed by atoms with E-state index < -0.39 is 0 Å². The topological polar surface area (TPSA) is 38.3 Å². The summed E-state index contributed by atoms with van der Waals surface area (Å²) in [7, 11) is 0. The van der Waals surface area contributed by atoms with Crippen LogP contribution in [-0.2, 0) is 9.53 Å². The molecule has 0 aromatic heterocycles. The molecule has 0 saturated carbocycles. The van der Waals surface area contributed by atoms with Gasteiger partial charge in [-0.25, -0.2) is 0 Å². The Balaban J connectivity index is 4.06. The fourth-order valence-electron chi connectivity index (χ4n) is 1.03. The first-order valence-electron chi connectivity index (χ1n) is 4.65. The Hall–Kier alpha value is -0.830. The van der Waals surface area contributed by atoms with E-state index in [1.807, 2.05) is 20.8 Å². The van der Waals surface area contributed by atoms with Crippen molar-refractivity contribution in [3.8, 4) is 0 Å². The number of carbonyl (C=O) groups is 1. The average Bonchev–Trinajstić information content (AvgIpc) is 2.03. The largest absolute Gasteiger partial charge is 0.368 e. The van der Waals surface area contributed by atoms with Gasteiger partial charge in [0.1, 0.15) is 6.10 Å². The smallest absolute Gasteiger partial charge is 0.249 e. The summed E-state index contributed by atoms with van der Waals surface area (Å²) in [5, 5.41) is 2.73. The van der Waals surface area contributed by atoms with Gasteiger partial charge in [-0.3, -0.25) is 4.79 Å². The third-order valence-corrected chi connectivity index (χ3v) is 1.55. The summed E-state index contributed by atoms with van der Waals surface area (Å²) in [6.45, 7) is 10.6. The first-order chi connectivity index (χ1) is 6.11. The lowest BCUT2D eigenvalue weighted by Gasteiger charge is -2.15. The molecule has 76 valence electrons. The van der Waals surface area contributed by atoms with Gasteiger partial charge in [0.05, 0.1) is 0 Å². The first-order valence-corrected chi connectivity index (χ1v) is 4.65. The second kappa shape index (κ2) is 6.66. The van der Waals surface area contributed by atoms with Crippen molar-refractivity contribution in [2.24, 2.45) is 0 Å². The van der Waals surface area contributed by atoms with Gasteiger partial charge in [-0.05, 0) is 20.8 Å². The fourth-order valence-corrected chi connectivity index (χ4v) is 1.03. The molecule has 0 aliphatic carbocycles. The van der Waals surface area contributed by atoms with E-state index in [4.69, 9.17) is 4.74 Å². The number of amides is 1. The quantitative estimate of drug-likeness (QED) is 0.637. The summed E-state index contributed by atoms with van der Waals surface area (Å²) in [6, 6.07) is 0. The van der Waals surface area contributed by atoms with Crippen LogP contribution in [0.1, 0.15) is 27.2 Å². The van der Waals surface area contributed by atoms with Gasteiger partial charge in [0, 0.05) is 19.6 Å². The van der Waals surface area contributed by atoms with Crippen LogP contribution >= 0.6 is 0 Å². The lowest BCUT2D eigenvalue weighted by atomic mass is 10.1. The van der Waals surface area contributed by atoms with E-state index in [9.17, 15) is 4.79 Å². The maximum Gasteiger partial charge on any atom is 0.249 e. The van der Waals surface area contributed by atoms with Crippen LogP contribution in [0.15, 0.2) is 12.2 Å². The minimum atomic E-state index is -0.373. The molecule has 3 nitrogen and oxygen atoms in total. The number of hydrogen-bond donors (Lipinski definition) is 1. The normalized spacial score (nSPS) is 12.2. The zero-order valence-electron chi connectivity index (χ0n) is 8.72. The average molecular weight is 185 g/mol. The Morgan fingerprint density at radius 1 is 1.54 bits per heavy atom. The molecule has 1 N–H and O–H groups in total. The van der Waals surface area contributed by atoms with Crippen LogP contribution in [0.25, 0.3) is 0 Å². The standard InChI is InChI=1S/C10H19NO2/c1-5-11-10(12)9(13-6-2)7-8(3)4/h9H,3,5-7H2,1-2,4H3,(H,11,12). The van der Waals surface area contributed by atoms with E-state index in [1.165, 1.54) is 0 Å². The molecule has 0 aliphatic heterocycles. The third kappa shape index (κ3) is 5.42. The molecule has 0 aromatic rings. The van der Waals surface area contributed by atoms with Crippen LogP contribution in [0.4, 0.5) is 0 Å². The predicted octanol–water partition coefficient (Wildman–Crippen LogP) is 1.49. The molecule has 1 atom stereocenters. The molecule has 1 unspecified atom stereocenters. The van der Waals surface area contributed by atoms with E-state index in [2.05, 4.69) is 11.9 Å². The number of ether oxygens (including phenoxy) is 1. The summed E-state index contributed by atoms with van der Waals surface area (Å²) >= 11 is 0. The monoisotopic (exact) mass is 185 g/mol. The van der Waals surface area contributed by atoms with Gasteiger partial charge >= 0.3 is 0 Å². The molecule has 3 heteroatoms. The molecule has 0 aliphatic rings. The lowest BCUT2D eigenvalue weighted by molar-refractivity contribution is -0.132. The van der Waals surface area contributed by atoms with E-state index in [0.717, 1.165) is 5.57 Å². The van der Waals surface area contributed by atoms with E-state index in [0.29, 0.717) is 19.6 Å². The minimum Gasteiger partial charge on any atom is -0.368 e. The maximum absolute atomic E-state index is 11.4. The molecule has 0 saturated heterocycles. The van der Waals surface area contributed by atoms with Gasteiger partial charge in [-0.15, -0.1) is 6.58 Å². The van der Waals surface area contributed by atoms with Gasteiger partial charge < -0.3 is 10.1 Å². The third-order valence-electron chi connectivity index (χ3n) is 1.55. The Bertz CT molecular complexity index is 178. The Morgan fingerprint density at radius 2 is 2.15 bits per heavy atom. The van der Waals surface area contributed by atoms with Crippen molar-refractivity contribution in [3.05, 3.63) is 12.2 Å². The van der Waals surface area contributed by atoms with Crippen molar-refractivity contribution >= 4 is 5.91 Å². The zero-order chi connectivity index (χ0) is 10.3. The highest BCUT2D eigenvalue weighted by atomic mass is 16.5. The first kappa shape index (κ1) is 12.2. The molecule has 0 rings (SSSR count). The van der Waals surface area contributed by atoms with Crippen LogP contribution in [-0.4, -0.2) is 25.2 Å². The van der Waals surface area contributed by atoms with Crippen LogP contribution in [0.5, 0.6) is 0 Å². The van der Waals surface area contributed by atoms with Crippen LogP contribution in [0, 0.1) is 0 Å². The van der Waals surface area contributed by atoms with Gasteiger partial charge in [-0.2, -0.15) is 0 Å². The van der Waals surface area contributed by atoms with Gasteiger partial charge in [0.25, 0.3) is 0 Å². The van der Waals surface area contributed by atoms with Gasteiger partial charge in [0.15, 0.2) is 0 Å². The molecule has 0 fully saturated rings. The van der Waals surface area contributed by atoms with Gasteiger partial charge in [-0.1, -0.05) is 5.57 Å². The highest BCUT2D eigenvalue weighted by Crippen LogP contribution is 2.06. The van der Waals surface area contributed by atoms with Crippen molar-refractivity contribution in [2.45, 2.75) is 33.3 Å². The summed E-state index contributed by atoms with van der Waals surface area (Å²) in [6.07, 6.45) is 0.224. The van der Waals surface area contributed by atoms with Crippen molar-refractivity contribution in [1.29, 1.82) is 0 Å². The van der Waals surface area contributed by atoms with E-state index >= 15 is 0 Å². The van der Waals surface area contributed by atoms with Crippen molar-refractivity contribution in [2.75, 3.05) is 13.2 Å². The molecular formula is C10H19NO2. The number of likely N-dealkylation sites (N-methyl/N-ethyl adjacent to an activating group) is 1. The van der Waals surface area contributed by atoms with Crippen molar-refractivity contribution in [3.63, 3.8) is 0 Å². The zero-order valence-corrected chi connectivity index (χ0v) is 8.72. The summed E-state index contributed by atoms with van der Waals surface area (Å²) < 4.78 is 5.29. The molecule has 13 heavy (non-hydrogen) atoms. The Kier molecular flexibility index (Phi) is 6.24.